The normalized spacial score (nSPS) is 17.1. The van der Waals surface area contributed by atoms with Crippen LogP contribution in [0.15, 0.2) is 48.8 Å². The SMILES string of the molecule is Cn1ncc2c(N3CCC(CO)(Cc4ccccc4)CC3)ccnc21. The molecule has 130 valence electrons. The molecule has 0 bridgehead atoms. The summed E-state index contributed by atoms with van der Waals surface area (Å²) in [7, 11) is 1.92. The fraction of sp³-hybridized carbons (Fsp3) is 0.400. The van der Waals surface area contributed by atoms with Crippen LogP contribution in [0.2, 0.25) is 0 Å². The molecule has 0 radical (unpaired) electrons. The highest BCUT2D eigenvalue weighted by atomic mass is 16.3. The van der Waals surface area contributed by atoms with Gasteiger partial charge in [-0.3, -0.25) is 4.68 Å². The molecular weight excluding hydrogens is 312 g/mol. The Morgan fingerprint density at radius 2 is 1.88 bits per heavy atom. The van der Waals surface area contributed by atoms with Crippen LogP contribution in [0.3, 0.4) is 0 Å². The van der Waals surface area contributed by atoms with Crippen LogP contribution in [-0.2, 0) is 13.5 Å². The summed E-state index contributed by atoms with van der Waals surface area (Å²) in [6.45, 7) is 2.14. The Kier molecular flexibility index (Phi) is 4.17. The summed E-state index contributed by atoms with van der Waals surface area (Å²) >= 11 is 0. The third kappa shape index (κ3) is 3.00. The lowest BCUT2D eigenvalue weighted by molar-refractivity contribution is 0.0963. The summed E-state index contributed by atoms with van der Waals surface area (Å²) in [5.74, 6) is 0. The molecule has 3 heterocycles. The van der Waals surface area contributed by atoms with Gasteiger partial charge in [-0.1, -0.05) is 30.3 Å². The molecule has 0 spiro atoms. The number of anilines is 1. The summed E-state index contributed by atoms with van der Waals surface area (Å²) in [6.07, 6.45) is 6.68. The van der Waals surface area contributed by atoms with E-state index in [0.29, 0.717) is 0 Å². The van der Waals surface area contributed by atoms with E-state index in [1.54, 1.807) is 0 Å². The molecule has 0 atom stereocenters. The molecule has 1 aromatic carbocycles. The van der Waals surface area contributed by atoms with Crippen LogP contribution in [0, 0.1) is 5.41 Å². The number of aliphatic hydroxyl groups excluding tert-OH is 1. The van der Waals surface area contributed by atoms with E-state index in [-0.39, 0.29) is 12.0 Å². The first-order chi connectivity index (χ1) is 12.2. The van der Waals surface area contributed by atoms with Gasteiger partial charge >= 0.3 is 0 Å². The second-order valence-electron chi connectivity index (χ2n) is 7.14. The zero-order chi connectivity index (χ0) is 17.3. The van der Waals surface area contributed by atoms with Crippen LogP contribution < -0.4 is 4.90 Å². The van der Waals surface area contributed by atoms with Crippen LogP contribution in [0.5, 0.6) is 0 Å². The van der Waals surface area contributed by atoms with E-state index in [9.17, 15) is 5.11 Å². The van der Waals surface area contributed by atoms with Crippen molar-refractivity contribution >= 4 is 16.7 Å². The fourth-order valence-corrected chi connectivity index (χ4v) is 3.95. The van der Waals surface area contributed by atoms with Crippen molar-refractivity contribution in [3.63, 3.8) is 0 Å². The number of rotatable bonds is 4. The van der Waals surface area contributed by atoms with E-state index in [2.05, 4.69) is 45.3 Å². The van der Waals surface area contributed by atoms with Crippen LogP contribution in [0.1, 0.15) is 18.4 Å². The predicted molar refractivity (Wildman–Crippen MR) is 99.6 cm³/mol. The topological polar surface area (TPSA) is 54.2 Å². The Hall–Kier alpha value is -2.40. The smallest absolute Gasteiger partial charge is 0.159 e. The maximum absolute atomic E-state index is 10.1. The van der Waals surface area contributed by atoms with E-state index in [1.165, 1.54) is 11.3 Å². The standard InChI is InChI=1S/C20H24N4O/c1-23-19-17(14-22-23)18(7-10-21-19)24-11-8-20(15-25,9-12-24)13-16-5-3-2-4-6-16/h2-7,10,14,25H,8-9,11-13,15H2,1H3. The van der Waals surface area contributed by atoms with Gasteiger partial charge < -0.3 is 10.0 Å². The van der Waals surface area contributed by atoms with Crippen molar-refractivity contribution in [3.8, 4) is 0 Å². The molecule has 1 fully saturated rings. The van der Waals surface area contributed by atoms with Crippen molar-refractivity contribution in [2.45, 2.75) is 19.3 Å². The number of aliphatic hydroxyl groups is 1. The van der Waals surface area contributed by atoms with Crippen molar-refractivity contribution in [1.29, 1.82) is 0 Å². The van der Waals surface area contributed by atoms with Crippen molar-refractivity contribution < 1.29 is 5.11 Å². The Balaban J connectivity index is 1.53. The third-order valence-electron chi connectivity index (χ3n) is 5.53. The van der Waals surface area contributed by atoms with Crippen molar-refractivity contribution in [1.82, 2.24) is 14.8 Å². The summed E-state index contributed by atoms with van der Waals surface area (Å²) in [5, 5.41) is 15.5. The average molecular weight is 336 g/mol. The van der Waals surface area contributed by atoms with Gasteiger partial charge in [-0.2, -0.15) is 5.10 Å². The minimum Gasteiger partial charge on any atom is -0.396 e. The number of aromatic nitrogens is 3. The van der Waals surface area contributed by atoms with Crippen LogP contribution in [0.25, 0.3) is 11.0 Å². The average Bonchev–Trinajstić information content (AvgIpc) is 3.05. The van der Waals surface area contributed by atoms with Gasteiger partial charge in [0.1, 0.15) is 0 Å². The first-order valence-electron chi connectivity index (χ1n) is 8.87. The van der Waals surface area contributed by atoms with E-state index in [0.717, 1.165) is 43.4 Å². The lowest BCUT2D eigenvalue weighted by Gasteiger charge is -2.42. The molecule has 5 heteroatoms. The maximum atomic E-state index is 10.1. The lowest BCUT2D eigenvalue weighted by atomic mass is 9.74. The molecule has 1 aliphatic heterocycles. The number of pyridine rings is 1. The zero-order valence-electron chi connectivity index (χ0n) is 14.6. The van der Waals surface area contributed by atoms with Crippen LogP contribution in [0.4, 0.5) is 5.69 Å². The highest BCUT2D eigenvalue weighted by Gasteiger charge is 2.34. The van der Waals surface area contributed by atoms with E-state index in [1.807, 2.05) is 30.2 Å². The van der Waals surface area contributed by atoms with Crippen molar-refractivity contribution in [3.05, 3.63) is 54.4 Å². The molecule has 1 N–H and O–H groups in total. The number of hydrogen-bond acceptors (Lipinski definition) is 4. The first-order valence-corrected chi connectivity index (χ1v) is 8.87. The van der Waals surface area contributed by atoms with Gasteiger partial charge in [-0.05, 0) is 30.9 Å². The Morgan fingerprint density at radius 3 is 2.60 bits per heavy atom. The van der Waals surface area contributed by atoms with Gasteiger partial charge in [-0.15, -0.1) is 0 Å². The highest BCUT2D eigenvalue weighted by Crippen LogP contribution is 2.37. The number of benzene rings is 1. The number of aryl methyl sites for hydroxylation is 1. The van der Waals surface area contributed by atoms with Crippen LogP contribution in [-0.4, -0.2) is 39.6 Å². The minimum atomic E-state index is -0.0149. The Morgan fingerprint density at radius 1 is 1.12 bits per heavy atom. The summed E-state index contributed by atoms with van der Waals surface area (Å²) in [4.78, 5) is 6.84. The number of fused-ring (bicyclic) bond motifs is 1. The summed E-state index contributed by atoms with van der Waals surface area (Å²) < 4.78 is 1.82. The number of nitrogens with zero attached hydrogens (tertiary/aromatic N) is 4. The lowest BCUT2D eigenvalue weighted by Crippen LogP contribution is -2.43. The van der Waals surface area contributed by atoms with E-state index < -0.39 is 0 Å². The molecule has 1 saturated heterocycles. The molecule has 4 rings (SSSR count). The molecule has 5 nitrogen and oxygen atoms in total. The van der Waals surface area contributed by atoms with E-state index in [4.69, 9.17) is 0 Å². The second kappa shape index (κ2) is 6.48. The van der Waals surface area contributed by atoms with Gasteiger partial charge in [0.25, 0.3) is 0 Å². The second-order valence-corrected chi connectivity index (χ2v) is 7.14. The summed E-state index contributed by atoms with van der Waals surface area (Å²) in [5.41, 5.74) is 3.41. The molecule has 1 aliphatic rings. The quantitative estimate of drug-likeness (QED) is 0.796. The van der Waals surface area contributed by atoms with Crippen LogP contribution >= 0.6 is 0 Å². The monoisotopic (exact) mass is 336 g/mol. The Bertz CT molecular complexity index is 851. The fourth-order valence-electron chi connectivity index (χ4n) is 3.95. The Labute approximate surface area is 147 Å². The van der Waals surface area contributed by atoms with Gasteiger partial charge in [0.15, 0.2) is 5.65 Å². The largest absolute Gasteiger partial charge is 0.396 e. The predicted octanol–water partition coefficient (Wildman–Crippen LogP) is 2.79. The molecule has 2 aromatic heterocycles. The van der Waals surface area contributed by atoms with Gasteiger partial charge in [-0.25, -0.2) is 4.98 Å². The highest BCUT2D eigenvalue weighted by molar-refractivity contribution is 5.89. The molecule has 0 aliphatic carbocycles. The van der Waals surface area contributed by atoms with Gasteiger partial charge in [0.05, 0.1) is 17.3 Å². The van der Waals surface area contributed by atoms with Crippen molar-refractivity contribution in [2.75, 3.05) is 24.6 Å². The van der Waals surface area contributed by atoms with Gasteiger partial charge in [0, 0.05) is 38.4 Å². The molecule has 3 aromatic rings. The molecule has 25 heavy (non-hydrogen) atoms. The van der Waals surface area contributed by atoms with E-state index >= 15 is 0 Å². The maximum Gasteiger partial charge on any atom is 0.159 e. The molecule has 0 amide bonds. The molecule has 0 unspecified atom stereocenters. The van der Waals surface area contributed by atoms with Crippen molar-refractivity contribution in [2.24, 2.45) is 12.5 Å². The van der Waals surface area contributed by atoms with Gasteiger partial charge in [0.2, 0.25) is 0 Å². The zero-order valence-corrected chi connectivity index (χ0v) is 14.6. The third-order valence-corrected chi connectivity index (χ3v) is 5.53. The molecule has 0 saturated carbocycles. The number of piperidine rings is 1. The summed E-state index contributed by atoms with van der Waals surface area (Å²) in [6, 6.07) is 12.6. The number of hydrogen-bond donors (Lipinski definition) is 1. The first kappa shape index (κ1) is 16.1. The minimum absolute atomic E-state index is 0.0149. The molecular formula is C20H24N4O.